The van der Waals surface area contributed by atoms with E-state index in [9.17, 15) is 0 Å². The predicted molar refractivity (Wildman–Crippen MR) is 51.7 cm³/mol. The normalized spacial score (nSPS) is 27.8. The number of nitrogens with two attached hydrogens (primary N) is 1. The lowest BCUT2D eigenvalue weighted by Crippen LogP contribution is -2.35. The van der Waals surface area contributed by atoms with Gasteiger partial charge in [0.1, 0.15) is 5.00 Å². The summed E-state index contributed by atoms with van der Waals surface area (Å²) in [6, 6.07) is 0. The lowest BCUT2D eigenvalue weighted by Gasteiger charge is -2.23. The maximum absolute atomic E-state index is 5.98. The fourth-order valence-electron chi connectivity index (χ4n) is 0.888. The number of halogens is 1. The molecule has 0 bridgehead atoms. The van der Waals surface area contributed by atoms with Crippen LogP contribution in [-0.2, 0) is 0 Å². The van der Waals surface area contributed by atoms with Gasteiger partial charge in [-0.15, -0.1) is 0 Å². The molecule has 0 radical (unpaired) electrons. The largest absolute Gasteiger partial charge is 0.383 e. The molecular formula is C8H14ClN3. The van der Waals surface area contributed by atoms with Crippen molar-refractivity contribution in [3.8, 4) is 0 Å². The van der Waals surface area contributed by atoms with Gasteiger partial charge in [0.15, 0.2) is 0 Å². The lowest BCUT2D eigenvalue weighted by atomic mass is 10.2. The Morgan fingerprint density at radius 3 is 3.00 bits per heavy atom. The smallest absolute Gasteiger partial charge is 0.128 e. The first-order valence-electron chi connectivity index (χ1n) is 3.94. The average Bonchev–Trinajstić information content (AvgIpc) is 2.03. The Morgan fingerprint density at radius 1 is 1.75 bits per heavy atom. The highest BCUT2D eigenvalue weighted by Crippen LogP contribution is 2.16. The molecule has 1 aliphatic rings. The highest BCUT2D eigenvalue weighted by atomic mass is 35.5. The Morgan fingerprint density at radius 2 is 2.50 bits per heavy atom. The zero-order valence-corrected chi connectivity index (χ0v) is 7.86. The summed E-state index contributed by atoms with van der Waals surface area (Å²) in [5.74, 6) is 0. The van der Waals surface area contributed by atoms with Gasteiger partial charge in [-0.05, 0) is 19.1 Å². The molecular weight excluding hydrogens is 174 g/mol. The van der Waals surface area contributed by atoms with Gasteiger partial charge in [-0.2, -0.15) is 0 Å². The van der Waals surface area contributed by atoms with Crippen molar-refractivity contribution in [1.82, 2.24) is 10.6 Å². The van der Waals surface area contributed by atoms with Crippen molar-refractivity contribution in [2.75, 3.05) is 13.1 Å². The van der Waals surface area contributed by atoms with Crippen LogP contribution < -0.4 is 16.4 Å². The molecule has 0 aromatic carbocycles. The summed E-state index contributed by atoms with van der Waals surface area (Å²) < 4.78 is 0. The molecule has 0 spiro atoms. The van der Waals surface area contributed by atoms with Crippen LogP contribution in [0.15, 0.2) is 24.0 Å². The first-order chi connectivity index (χ1) is 5.64. The van der Waals surface area contributed by atoms with E-state index in [4.69, 9.17) is 17.3 Å². The second-order valence-corrected chi connectivity index (χ2v) is 3.65. The third kappa shape index (κ3) is 2.75. The Bertz CT molecular complexity index is 208. The standard InChI is InChI=1S/C8H14ClN3/c1-8(9)3-2-7(6-12-8)11-5-4-10/h2-3,6,11-12H,4-5,10H2,1H3. The first kappa shape index (κ1) is 9.42. The Balaban J connectivity index is 2.42. The van der Waals surface area contributed by atoms with Gasteiger partial charge in [-0.3, -0.25) is 0 Å². The Kier molecular flexibility index (Phi) is 3.00. The number of alkyl halides is 1. The summed E-state index contributed by atoms with van der Waals surface area (Å²) in [7, 11) is 0. The molecule has 0 aromatic heterocycles. The Hall–Kier alpha value is -0.670. The van der Waals surface area contributed by atoms with Crippen molar-refractivity contribution in [3.05, 3.63) is 24.0 Å². The molecule has 1 unspecified atom stereocenters. The van der Waals surface area contributed by atoms with Gasteiger partial charge >= 0.3 is 0 Å². The quantitative estimate of drug-likeness (QED) is 0.445. The molecule has 1 atom stereocenters. The predicted octanol–water partition coefficient (Wildman–Crippen LogP) is 0.491. The maximum atomic E-state index is 5.98. The summed E-state index contributed by atoms with van der Waals surface area (Å²) in [5, 5.41) is 6.17. The van der Waals surface area contributed by atoms with E-state index in [1.165, 1.54) is 0 Å². The molecule has 3 nitrogen and oxygen atoms in total. The maximum Gasteiger partial charge on any atom is 0.128 e. The van der Waals surface area contributed by atoms with Gasteiger partial charge in [0.25, 0.3) is 0 Å². The molecule has 12 heavy (non-hydrogen) atoms. The van der Waals surface area contributed by atoms with Crippen LogP contribution in [0.3, 0.4) is 0 Å². The van der Waals surface area contributed by atoms with E-state index < -0.39 is 5.00 Å². The monoisotopic (exact) mass is 187 g/mol. The van der Waals surface area contributed by atoms with E-state index in [0.29, 0.717) is 6.54 Å². The average molecular weight is 188 g/mol. The number of nitrogens with one attached hydrogen (secondary N) is 2. The molecule has 0 saturated carbocycles. The van der Waals surface area contributed by atoms with Crippen molar-refractivity contribution in [1.29, 1.82) is 0 Å². The Labute approximate surface area is 77.7 Å². The van der Waals surface area contributed by atoms with Gasteiger partial charge in [-0.25, -0.2) is 0 Å². The minimum absolute atomic E-state index is 0.451. The van der Waals surface area contributed by atoms with E-state index in [1.54, 1.807) is 0 Å². The summed E-state index contributed by atoms with van der Waals surface area (Å²) in [5.41, 5.74) is 6.35. The fraction of sp³-hybridized carbons (Fsp3) is 0.500. The van der Waals surface area contributed by atoms with E-state index in [2.05, 4.69) is 10.6 Å². The molecule has 0 aliphatic carbocycles. The molecule has 1 aliphatic heterocycles. The molecule has 4 heteroatoms. The molecule has 0 aromatic rings. The number of allylic oxidation sites excluding steroid dienone is 1. The van der Waals surface area contributed by atoms with Crippen molar-refractivity contribution >= 4 is 11.6 Å². The summed E-state index contributed by atoms with van der Waals surface area (Å²) >= 11 is 5.98. The van der Waals surface area contributed by atoms with Crippen molar-refractivity contribution in [2.45, 2.75) is 11.9 Å². The van der Waals surface area contributed by atoms with Crippen molar-refractivity contribution in [3.63, 3.8) is 0 Å². The molecule has 68 valence electrons. The van der Waals surface area contributed by atoms with Crippen molar-refractivity contribution in [2.24, 2.45) is 5.73 Å². The van der Waals surface area contributed by atoms with Crippen LogP contribution in [0.2, 0.25) is 0 Å². The van der Waals surface area contributed by atoms with Crippen LogP contribution in [-0.4, -0.2) is 18.1 Å². The molecule has 1 rings (SSSR count). The van der Waals surface area contributed by atoms with E-state index in [1.807, 2.05) is 25.3 Å². The van der Waals surface area contributed by atoms with E-state index in [-0.39, 0.29) is 0 Å². The lowest BCUT2D eigenvalue weighted by molar-refractivity contribution is 0.664. The van der Waals surface area contributed by atoms with Crippen LogP contribution in [0.25, 0.3) is 0 Å². The zero-order chi connectivity index (χ0) is 9.03. The van der Waals surface area contributed by atoms with Crippen LogP contribution in [0.1, 0.15) is 6.92 Å². The van der Waals surface area contributed by atoms with Gasteiger partial charge < -0.3 is 16.4 Å². The third-order valence-electron chi connectivity index (χ3n) is 1.56. The second kappa shape index (κ2) is 3.83. The number of rotatable bonds is 3. The van der Waals surface area contributed by atoms with Gasteiger partial charge in [0.05, 0.1) is 0 Å². The highest BCUT2D eigenvalue weighted by Gasteiger charge is 2.16. The van der Waals surface area contributed by atoms with Crippen LogP contribution in [0.5, 0.6) is 0 Å². The first-order valence-corrected chi connectivity index (χ1v) is 4.32. The van der Waals surface area contributed by atoms with Gasteiger partial charge in [-0.1, -0.05) is 11.6 Å². The summed E-state index contributed by atoms with van der Waals surface area (Å²) in [6.45, 7) is 3.29. The molecule has 4 N–H and O–H groups in total. The van der Waals surface area contributed by atoms with E-state index in [0.717, 1.165) is 12.2 Å². The van der Waals surface area contributed by atoms with Crippen LogP contribution >= 0.6 is 11.6 Å². The molecule has 1 heterocycles. The van der Waals surface area contributed by atoms with Gasteiger partial charge in [0.2, 0.25) is 0 Å². The van der Waals surface area contributed by atoms with E-state index >= 15 is 0 Å². The topological polar surface area (TPSA) is 50.1 Å². The number of hydrogen-bond acceptors (Lipinski definition) is 3. The minimum atomic E-state index is -0.451. The number of dihydropyridines is 1. The molecule has 0 fully saturated rings. The summed E-state index contributed by atoms with van der Waals surface area (Å²) in [4.78, 5) is -0.451. The van der Waals surface area contributed by atoms with Crippen LogP contribution in [0.4, 0.5) is 0 Å². The third-order valence-corrected chi connectivity index (χ3v) is 1.79. The van der Waals surface area contributed by atoms with Crippen LogP contribution in [0, 0.1) is 0 Å². The van der Waals surface area contributed by atoms with Gasteiger partial charge in [0, 0.05) is 25.0 Å². The zero-order valence-electron chi connectivity index (χ0n) is 7.10. The molecule has 0 amide bonds. The molecule has 0 saturated heterocycles. The second-order valence-electron chi connectivity index (χ2n) is 2.87. The summed E-state index contributed by atoms with van der Waals surface area (Å²) in [6.07, 6.45) is 5.69. The highest BCUT2D eigenvalue weighted by molar-refractivity contribution is 6.24. The number of hydrogen-bond donors (Lipinski definition) is 3. The SMILES string of the molecule is CC1(Cl)C=CC(NCCN)=CN1. The van der Waals surface area contributed by atoms with Crippen molar-refractivity contribution < 1.29 is 0 Å². The fourth-order valence-corrected chi connectivity index (χ4v) is 1.01. The minimum Gasteiger partial charge on any atom is -0.383 e.